The molecule has 0 spiro atoms. The molecule has 0 aliphatic carbocycles. The maximum atomic E-state index is 13.7. The van der Waals surface area contributed by atoms with Crippen molar-refractivity contribution < 1.29 is 24.0 Å². The lowest BCUT2D eigenvalue weighted by Crippen LogP contribution is -2.55. The fraction of sp³-hybridized carbons (Fsp3) is 0.351. The van der Waals surface area contributed by atoms with E-state index in [1.54, 1.807) is 37.4 Å². The van der Waals surface area contributed by atoms with Gasteiger partial charge in [0.05, 0.1) is 17.6 Å². The molecule has 6 N–H and O–H groups in total. The van der Waals surface area contributed by atoms with Gasteiger partial charge >= 0.3 is 0 Å². The summed E-state index contributed by atoms with van der Waals surface area (Å²) in [7, 11) is 0. The van der Waals surface area contributed by atoms with Gasteiger partial charge in [-0.1, -0.05) is 25.1 Å². The van der Waals surface area contributed by atoms with E-state index in [-0.39, 0.29) is 44.3 Å². The fourth-order valence-electron chi connectivity index (χ4n) is 6.47. The number of aryl methyl sites for hydroxylation is 2. The van der Waals surface area contributed by atoms with Crippen LogP contribution < -0.4 is 21.3 Å². The molecule has 5 amide bonds. The molecule has 6 rings (SSSR count). The summed E-state index contributed by atoms with van der Waals surface area (Å²) in [6, 6.07) is 14.5. The number of nitrogens with one attached hydrogen (secondary N) is 6. The number of imidazole rings is 1. The quantitative estimate of drug-likeness (QED) is 0.168. The highest BCUT2D eigenvalue weighted by atomic mass is 16.2. The number of hydrogen-bond donors (Lipinski definition) is 6. The van der Waals surface area contributed by atoms with E-state index in [1.165, 1.54) is 4.90 Å². The van der Waals surface area contributed by atoms with Gasteiger partial charge in [0, 0.05) is 61.5 Å². The SMILES string of the molecule is CC[C@@H]1NC(=O)CN(C(=O)c2ccc[nH]2)CCCNC(=O)c2ccc3nc(C)n(c3c2)CCCNC(=O)[C@@H](Cc2c[nH]c3ccccc23)NC1=O. The van der Waals surface area contributed by atoms with Crippen molar-refractivity contribution in [3.05, 3.63) is 89.6 Å². The Labute approximate surface area is 294 Å². The van der Waals surface area contributed by atoms with Crippen molar-refractivity contribution in [3.8, 4) is 0 Å². The maximum Gasteiger partial charge on any atom is 0.270 e. The van der Waals surface area contributed by atoms with Crippen molar-refractivity contribution in [2.75, 3.05) is 26.2 Å². The number of carbonyl (C=O) groups excluding carboxylic acids is 5. The Hall–Kier alpha value is -5.92. The third kappa shape index (κ3) is 8.11. The zero-order chi connectivity index (χ0) is 35.9. The summed E-state index contributed by atoms with van der Waals surface area (Å²) >= 11 is 0. The predicted octanol–water partition coefficient (Wildman–Crippen LogP) is 2.56. The molecule has 14 nitrogen and oxygen atoms in total. The van der Waals surface area contributed by atoms with Crippen LogP contribution in [-0.2, 0) is 27.3 Å². The molecule has 51 heavy (non-hydrogen) atoms. The van der Waals surface area contributed by atoms with Crippen molar-refractivity contribution in [2.45, 2.75) is 58.2 Å². The highest BCUT2D eigenvalue weighted by Gasteiger charge is 2.28. The van der Waals surface area contributed by atoms with Gasteiger partial charge in [-0.2, -0.15) is 0 Å². The van der Waals surface area contributed by atoms with Gasteiger partial charge in [-0.15, -0.1) is 0 Å². The van der Waals surface area contributed by atoms with E-state index in [0.717, 1.165) is 33.3 Å². The second-order valence-electron chi connectivity index (χ2n) is 12.7. The molecular weight excluding hydrogens is 650 g/mol. The lowest BCUT2D eigenvalue weighted by molar-refractivity contribution is -0.132. The number of H-pyrrole nitrogens is 2. The van der Waals surface area contributed by atoms with Gasteiger partial charge < -0.3 is 40.7 Å². The second-order valence-corrected chi connectivity index (χ2v) is 12.7. The molecular formula is C37H43N9O5. The largest absolute Gasteiger partial charge is 0.361 e. The Morgan fingerprint density at radius 2 is 1.69 bits per heavy atom. The average molecular weight is 694 g/mol. The number of benzene rings is 2. The van der Waals surface area contributed by atoms with E-state index in [9.17, 15) is 24.0 Å². The molecule has 0 saturated heterocycles. The topological polar surface area (TPSA) is 186 Å². The molecule has 0 radical (unpaired) electrons. The van der Waals surface area contributed by atoms with E-state index in [4.69, 9.17) is 0 Å². The van der Waals surface area contributed by atoms with Crippen molar-refractivity contribution in [1.82, 2.24) is 45.7 Å². The monoisotopic (exact) mass is 693 g/mol. The first-order chi connectivity index (χ1) is 24.7. The molecule has 14 heteroatoms. The van der Waals surface area contributed by atoms with Gasteiger partial charge in [0.25, 0.3) is 11.8 Å². The fourth-order valence-corrected chi connectivity index (χ4v) is 6.47. The van der Waals surface area contributed by atoms with Crippen LogP contribution in [0.2, 0.25) is 0 Å². The molecule has 1 aliphatic rings. The third-order valence-electron chi connectivity index (χ3n) is 9.19. The molecule has 0 saturated carbocycles. The number of fused-ring (bicyclic) bond motifs is 2. The van der Waals surface area contributed by atoms with Gasteiger partial charge in [-0.05, 0) is 68.1 Å². The summed E-state index contributed by atoms with van der Waals surface area (Å²) in [5.74, 6) is -1.26. The summed E-state index contributed by atoms with van der Waals surface area (Å²) in [6.07, 6.45) is 4.90. The standard InChI is InChI=1S/C37H43N9O5/c1-3-27-36(50)44-31(19-25-21-41-28-10-5-4-9-26(25)28)35(49)40-16-8-18-46-23(2)42-29-13-12-24(20-32(29)46)34(48)39-15-7-17-45(22-33(47)43-27)37(51)30-11-6-14-38-30/h4-6,9-14,20-21,27,31,38,41H,3,7-8,15-19,22H2,1-2H3,(H,39,48)(H,40,49)(H,43,47)(H,44,50)/t27-,31+/m0/s1. The van der Waals surface area contributed by atoms with Crippen LogP contribution in [0.3, 0.4) is 0 Å². The minimum atomic E-state index is -0.948. The number of aromatic amines is 2. The first kappa shape index (κ1) is 34.9. The zero-order valence-corrected chi connectivity index (χ0v) is 28.8. The predicted molar refractivity (Wildman–Crippen MR) is 192 cm³/mol. The number of nitrogens with zero attached hydrogens (tertiary/aromatic N) is 3. The van der Waals surface area contributed by atoms with E-state index in [0.29, 0.717) is 37.2 Å². The van der Waals surface area contributed by atoms with Crippen LogP contribution >= 0.6 is 0 Å². The molecule has 0 fully saturated rings. The Morgan fingerprint density at radius 3 is 2.49 bits per heavy atom. The normalized spacial score (nSPS) is 18.8. The van der Waals surface area contributed by atoms with Gasteiger partial charge in [0.1, 0.15) is 23.6 Å². The number of hydrogen-bond acceptors (Lipinski definition) is 6. The first-order valence-corrected chi connectivity index (χ1v) is 17.3. The summed E-state index contributed by atoms with van der Waals surface area (Å²) in [5, 5.41) is 12.5. The minimum Gasteiger partial charge on any atom is -0.361 e. The van der Waals surface area contributed by atoms with Crippen LogP contribution in [0.1, 0.15) is 58.4 Å². The molecule has 3 aromatic heterocycles. The van der Waals surface area contributed by atoms with Crippen LogP contribution in [0.5, 0.6) is 0 Å². The van der Waals surface area contributed by atoms with Crippen LogP contribution in [0.4, 0.5) is 0 Å². The number of amides is 5. The smallest absolute Gasteiger partial charge is 0.270 e. The summed E-state index contributed by atoms with van der Waals surface area (Å²) in [6.45, 7) is 4.67. The summed E-state index contributed by atoms with van der Waals surface area (Å²) < 4.78 is 2.02. The summed E-state index contributed by atoms with van der Waals surface area (Å²) in [4.78, 5) is 79.4. The van der Waals surface area contributed by atoms with Crippen LogP contribution in [0.15, 0.2) is 67.0 Å². The maximum absolute atomic E-state index is 13.7. The lowest BCUT2D eigenvalue weighted by Gasteiger charge is -2.25. The van der Waals surface area contributed by atoms with Crippen LogP contribution in [0, 0.1) is 6.92 Å². The van der Waals surface area contributed by atoms with E-state index in [2.05, 4.69) is 36.2 Å². The molecule has 0 unspecified atom stereocenters. The molecule has 1 aliphatic heterocycles. The highest BCUT2D eigenvalue weighted by molar-refractivity contribution is 5.98. The van der Waals surface area contributed by atoms with Crippen molar-refractivity contribution in [1.29, 1.82) is 0 Å². The molecule has 2 bridgehead atoms. The Kier molecular flexibility index (Phi) is 10.8. The van der Waals surface area contributed by atoms with Crippen molar-refractivity contribution in [3.63, 3.8) is 0 Å². The molecule has 5 aromatic rings. The Morgan fingerprint density at radius 1 is 0.882 bits per heavy atom. The van der Waals surface area contributed by atoms with Crippen LogP contribution in [-0.4, -0.2) is 92.2 Å². The number of aromatic nitrogens is 4. The van der Waals surface area contributed by atoms with Gasteiger partial charge in [0.15, 0.2) is 0 Å². The van der Waals surface area contributed by atoms with Gasteiger partial charge in [-0.3, -0.25) is 24.0 Å². The minimum absolute atomic E-state index is 0.173. The number of rotatable bonds is 4. The molecule has 266 valence electrons. The third-order valence-corrected chi connectivity index (χ3v) is 9.19. The van der Waals surface area contributed by atoms with Gasteiger partial charge in [0.2, 0.25) is 17.7 Å². The lowest BCUT2D eigenvalue weighted by atomic mass is 10.0. The number of carbonyl (C=O) groups is 5. The first-order valence-electron chi connectivity index (χ1n) is 17.3. The second kappa shape index (κ2) is 15.7. The highest BCUT2D eigenvalue weighted by Crippen LogP contribution is 2.20. The summed E-state index contributed by atoms with van der Waals surface area (Å²) in [5.41, 5.74) is 4.12. The molecule has 4 heterocycles. The van der Waals surface area contributed by atoms with Crippen molar-refractivity contribution >= 4 is 51.5 Å². The molecule has 2 aromatic carbocycles. The Bertz CT molecular complexity index is 2050. The van der Waals surface area contributed by atoms with E-state index in [1.807, 2.05) is 48.0 Å². The molecule has 2 atom stereocenters. The Balaban J connectivity index is 1.27. The van der Waals surface area contributed by atoms with Crippen LogP contribution in [0.25, 0.3) is 21.9 Å². The zero-order valence-electron chi connectivity index (χ0n) is 28.8. The van der Waals surface area contributed by atoms with Gasteiger partial charge in [-0.25, -0.2) is 4.98 Å². The van der Waals surface area contributed by atoms with E-state index >= 15 is 0 Å². The van der Waals surface area contributed by atoms with E-state index < -0.39 is 29.8 Å². The van der Waals surface area contributed by atoms with Crippen molar-refractivity contribution in [2.24, 2.45) is 0 Å². The number of para-hydroxylation sites is 1. The average Bonchev–Trinajstić information content (AvgIpc) is 3.88.